The Balaban J connectivity index is 1.60. The maximum absolute atomic E-state index is 13.1. The third-order valence-corrected chi connectivity index (χ3v) is 5.02. The van der Waals surface area contributed by atoms with Crippen LogP contribution in [0.25, 0.3) is 0 Å². The highest BCUT2D eigenvalue weighted by molar-refractivity contribution is 7.14. The van der Waals surface area contributed by atoms with Crippen LogP contribution in [-0.2, 0) is 17.6 Å². The van der Waals surface area contributed by atoms with E-state index in [1.807, 2.05) is 6.07 Å². The summed E-state index contributed by atoms with van der Waals surface area (Å²) in [7, 11) is 1.60. The summed E-state index contributed by atoms with van der Waals surface area (Å²) in [5.41, 5.74) is 1.64. The number of fused-ring (bicyclic) bond motifs is 1. The monoisotopic (exact) mass is 332 g/mol. The van der Waals surface area contributed by atoms with Crippen molar-refractivity contribution >= 4 is 28.8 Å². The summed E-state index contributed by atoms with van der Waals surface area (Å²) >= 11 is 1.52. The molecule has 4 nitrogen and oxygen atoms in total. The number of thiophene rings is 1. The second-order valence-electron chi connectivity index (χ2n) is 5.63. The van der Waals surface area contributed by atoms with Gasteiger partial charge in [0, 0.05) is 17.6 Å². The molecule has 0 unspecified atom stereocenters. The highest BCUT2D eigenvalue weighted by Gasteiger charge is 2.21. The van der Waals surface area contributed by atoms with Crippen LogP contribution in [0.1, 0.15) is 26.5 Å². The summed E-state index contributed by atoms with van der Waals surface area (Å²) in [4.78, 5) is 27.7. The van der Waals surface area contributed by atoms with Crippen molar-refractivity contribution in [1.29, 1.82) is 0 Å². The van der Waals surface area contributed by atoms with Crippen molar-refractivity contribution in [2.75, 3.05) is 18.9 Å². The van der Waals surface area contributed by atoms with Gasteiger partial charge in [-0.2, -0.15) is 0 Å². The summed E-state index contributed by atoms with van der Waals surface area (Å²) in [6, 6.07) is 7.61. The number of nitrogens with zero attached hydrogens (tertiary/aromatic N) is 1. The van der Waals surface area contributed by atoms with Gasteiger partial charge in [0.15, 0.2) is 0 Å². The smallest absolute Gasteiger partial charge is 0.264 e. The van der Waals surface area contributed by atoms with Gasteiger partial charge in [0.1, 0.15) is 5.82 Å². The van der Waals surface area contributed by atoms with E-state index in [1.165, 1.54) is 44.9 Å². The molecule has 1 heterocycles. The number of rotatable bonds is 4. The van der Waals surface area contributed by atoms with E-state index in [2.05, 4.69) is 5.32 Å². The van der Waals surface area contributed by atoms with Gasteiger partial charge in [-0.1, -0.05) is 6.07 Å². The fraction of sp³-hybridized carbons (Fsp3) is 0.294. The summed E-state index contributed by atoms with van der Waals surface area (Å²) in [5, 5.41) is 2.59. The molecular formula is C17H17FN2O2S. The average molecular weight is 332 g/mol. The molecule has 0 radical (unpaired) electrons. The molecule has 0 aliphatic heterocycles. The van der Waals surface area contributed by atoms with Crippen molar-refractivity contribution in [2.45, 2.75) is 19.3 Å². The minimum atomic E-state index is -0.416. The zero-order valence-corrected chi connectivity index (χ0v) is 13.6. The molecule has 6 heteroatoms. The molecule has 1 N–H and O–H groups in total. The van der Waals surface area contributed by atoms with E-state index >= 15 is 0 Å². The summed E-state index contributed by atoms with van der Waals surface area (Å²) in [5.74, 6) is -0.922. The lowest BCUT2D eigenvalue weighted by molar-refractivity contribution is -0.116. The standard InChI is InChI=1S/C17H17FN2O2S/c1-20(10-16(21)19-13-6-3-5-12(18)9-13)17(22)15-8-11-4-2-7-14(11)23-15/h3,5-6,8-9H,2,4,7,10H2,1H3,(H,19,21). The van der Waals surface area contributed by atoms with Gasteiger partial charge in [-0.25, -0.2) is 4.39 Å². The van der Waals surface area contributed by atoms with Crippen molar-refractivity contribution < 1.29 is 14.0 Å². The molecule has 0 fully saturated rings. The molecule has 0 saturated heterocycles. The molecule has 0 atom stereocenters. The number of hydrogen-bond donors (Lipinski definition) is 1. The number of likely N-dealkylation sites (N-methyl/N-ethyl adjacent to an activating group) is 1. The van der Waals surface area contributed by atoms with E-state index < -0.39 is 5.82 Å². The third-order valence-electron chi connectivity index (χ3n) is 3.79. The van der Waals surface area contributed by atoms with Gasteiger partial charge in [-0.3, -0.25) is 9.59 Å². The van der Waals surface area contributed by atoms with Gasteiger partial charge in [-0.15, -0.1) is 11.3 Å². The number of halogens is 1. The fourth-order valence-corrected chi connectivity index (χ4v) is 3.92. The minimum Gasteiger partial charge on any atom is -0.332 e. The molecule has 0 saturated carbocycles. The summed E-state index contributed by atoms with van der Waals surface area (Å²) in [6.45, 7) is -0.0715. The second-order valence-corrected chi connectivity index (χ2v) is 6.77. The number of amides is 2. The van der Waals surface area contributed by atoms with Gasteiger partial charge >= 0.3 is 0 Å². The first-order chi connectivity index (χ1) is 11.0. The first-order valence-electron chi connectivity index (χ1n) is 7.45. The molecule has 0 bridgehead atoms. The van der Waals surface area contributed by atoms with E-state index in [4.69, 9.17) is 0 Å². The van der Waals surface area contributed by atoms with Crippen molar-refractivity contribution in [3.05, 3.63) is 51.5 Å². The van der Waals surface area contributed by atoms with Crippen LogP contribution in [0.2, 0.25) is 0 Å². The second kappa shape index (κ2) is 6.50. The molecule has 3 rings (SSSR count). The molecule has 2 amide bonds. The maximum atomic E-state index is 13.1. The number of anilines is 1. The number of nitrogens with one attached hydrogen (secondary N) is 1. The normalized spacial score (nSPS) is 12.8. The molecule has 1 aromatic carbocycles. The minimum absolute atomic E-state index is 0.0715. The van der Waals surface area contributed by atoms with Crippen LogP contribution in [0.15, 0.2) is 30.3 Å². The third kappa shape index (κ3) is 3.59. The lowest BCUT2D eigenvalue weighted by Crippen LogP contribution is -2.34. The highest BCUT2D eigenvalue weighted by Crippen LogP contribution is 2.31. The van der Waals surface area contributed by atoms with E-state index in [9.17, 15) is 14.0 Å². The Morgan fingerprint density at radius 3 is 2.87 bits per heavy atom. The van der Waals surface area contributed by atoms with Crippen LogP contribution in [-0.4, -0.2) is 30.3 Å². The quantitative estimate of drug-likeness (QED) is 0.935. The van der Waals surface area contributed by atoms with Crippen LogP contribution >= 0.6 is 11.3 Å². The van der Waals surface area contributed by atoms with Crippen molar-refractivity contribution in [3.63, 3.8) is 0 Å². The van der Waals surface area contributed by atoms with E-state index in [-0.39, 0.29) is 18.4 Å². The van der Waals surface area contributed by atoms with Crippen molar-refractivity contribution in [3.8, 4) is 0 Å². The first-order valence-corrected chi connectivity index (χ1v) is 8.27. The lowest BCUT2D eigenvalue weighted by atomic mass is 10.2. The van der Waals surface area contributed by atoms with Crippen LogP contribution in [0, 0.1) is 5.82 Å². The Morgan fingerprint density at radius 1 is 1.30 bits per heavy atom. The van der Waals surface area contributed by atoms with Crippen LogP contribution in [0.3, 0.4) is 0 Å². The summed E-state index contributed by atoms with van der Waals surface area (Å²) in [6.07, 6.45) is 3.22. The molecule has 23 heavy (non-hydrogen) atoms. The van der Waals surface area contributed by atoms with Crippen LogP contribution < -0.4 is 5.32 Å². The van der Waals surface area contributed by atoms with Gasteiger partial charge in [0.25, 0.3) is 5.91 Å². The highest BCUT2D eigenvalue weighted by atomic mass is 32.1. The van der Waals surface area contributed by atoms with Crippen LogP contribution in [0.4, 0.5) is 10.1 Å². The van der Waals surface area contributed by atoms with Gasteiger partial charge in [-0.05, 0) is 49.1 Å². The Kier molecular flexibility index (Phi) is 4.43. The Hall–Kier alpha value is -2.21. The molecule has 0 spiro atoms. The number of carbonyl (C=O) groups excluding carboxylic acids is 2. The maximum Gasteiger partial charge on any atom is 0.264 e. The average Bonchev–Trinajstić information content (AvgIpc) is 3.07. The molecule has 1 aromatic heterocycles. The molecule has 1 aliphatic rings. The summed E-state index contributed by atoms with van der Waals surface area (Å²) < 4.78 is 13.1. The molecule has 1 aliphatic carbocycles. The van der Waals surface area contributed by atoms with Gasteiger partial charge in [0.2, 0.25) is 5.91 Å². The zero-order chi connectivity index (χ0) is 16.4. The predicted molar refractivity (Wildman–Crippen MR) is 88.3 cm³/mol. The molecular weight excluding hydrogens is 315 g/mol. The fourth-order valence-electron chi connectivity index (χ4n) is 2.68. The molecule has 2 aromatic rings. The van der Waals surface area contributed by atoms with E-state index in [1.54, 1.807) is 13.1 Å². The Morgan fingerprint density at radius 2 is 2.13 bits per heavy atom. The largest absolute Gasteiger partial charge is 0.332 e. The number of hydrogen-bond acceptors (Lipinski definition) is 3. The lowest BCUT2D eigenvalue weighted by Gasteiger charge is -2.16. The van der Waals surface area contributed by atoms with Crippen molar-refractivity contribution in [2.24, 2.45) is 0 Å². The Labute approximate surface area is 137 Å². The first kappa shape index (κ1) is 15.7. The SMILES string of the molecule is CN(CC(=O)Nc1cccc(F)c1)C(=O)c1cc2c(s1)CCC2. The van der Waals surface area contributed by atoms with E-state index in [0.717, 1.165) is 19.3 Å². The topological polar surface area (TPSA) is 49.4 Å². The number of aryl methyl sites for hydroxylation is 2. The van der Waals surface area contributed by atoms with Crippen LogP contribution in [0.5, 0.6) is 0 Å². The van der Waals surface area contributed by atoms with Gasteiger partial charge in [0.05, 0.1) is 11.4 Å². The zero-order valence-electron chi connectivity index (χ0n) is 12.8. The van der Waals surface area contributed by atoms with Crippen molar-refractivity contribution in [1.82, 2.24) is 4.90 Å². The Bertz CT molecular complexity index is 735. The number of carbonyl (C=O) groups is 2. The predicted octanol–water partition coefficient (Wildman–Crippen LogP) is 3.09. The number of benzene rings is 1. The molecule has 120 valence electrons. The van der Waals surface area contributed by atoms with E-state index in [0.29, 0.717) is 10.6 Å². The van der Waals surface area contributed by atoms with Gasteiger partial charge < -0.3 is 10.2 Å².